The first kappa shape index (κ1) is 82.0. The molecule has 0 saturated heterocycles. The Hall–Kier alpha value is -17.2. The lowest BCUT2D eigenvalue weighted by atomic mass is 9.68. The van der Waals surface area contributed by atoms with E-state index in [0.717, 1.165) is 145 Å². The number of benzene rings is 22. The van der Waals surface area contributed by atoms with Crippen molar-refractivity contribution in [3.05, 3.63) is 494 Å². The van der Waals surface area contributed by atoms with Crippen LogP contribution in [0.4, 0.5) is 72.6 Å². The fourth-order valence-electron chi connectivity index (χ4n) is 22.3. The molecule has 0 fully saturated rings. The normalized spacial score (nSPS) is 12.6. The Bertz CT molecular complexity index is 8750. The first-order valence-electron chi connectivity index (χ1n) is 46.8. The summed E-state index contributed by atoms with van der Waals surface area (Å²) in [6.45, 7) is 13.7. The number of rotatable bonds is 15. The lowest BCUT2D eigenvalue weighted by Crippen LogP contribution is -2.24. The summed E-state index contributed by atoms with van der Waals surface area (Å²) in [5.41, 5.74) is 31.8. The molecular formula is C129H92FN5O. The number of anilines is 12. The molecule has 1 aromatic heterocycles. The van der Waals surface area contributed by atoms with Crippen LogP contribution >= 0.6 is 0 Å². The molecule has 0 aliphatic heterocycles. The summed E-state index contributed by atoms with van der Waals surface area (Å²) in [6.07, 6.45) is 0. The van der Waals surface area contributed by atoms with E-state index in [9.17, 15) is 5.26 Å². The molecule has 0 amide bonds. The second-order valence-electron chi connectivity index (χ2n) is 37.1. The van der Waals surface area contributed by atoms with Gasteiger partial charge in [0.05, 0.1) is 45.8 Å². The smallest absolute Gasteiger partial charge is 0.159 e. The first-order valence-corrected chi connectivity index (χ1v) is 46.8. The molecular weight excluding hydrogens is 1650 g/mol. The number of hydrogen-bond donors (Lipinski definition) is 0. The van der Waals surface area contributed by atoms with Crippen molar-refractivity contribution in [2.24, 2.45) is 0 Å². The van der Waals surface area contributed by atoms with E-state index in [-0.39, 0.29) is 16.6 Å². The molecule has 0 spiro atoms. The standard InChI is InChI=1S/C66H48FN3.C63H44N2O/c1-42-34-44(41-68)35-43(2)64(42)69(48-24-13-7-14-25-48)50-32-33-52-58-39-56-51-28-17-18-29-53(51)62(40-57(56)54-30-19-31-59(63(54)58)66(3,4)60(52)38-50)70(49-26-15-8-16-27-49)65-55(46-22-11-6-12-23-46)36-47(37-61(65)67)45-20-9-5-10-21-45;1-63(2)55-32-18-30-50-53-40-59(65(43-24-10-5-11-25-43)58-34-19-31-51-49-29-15-17-35-60(49)66-62(51)58)48-28-13-12-27-46(48)52(53)39-54(61(50)55)47-37-36-44(38-56(47)63)64(42-22-8-4-9-23-42)57-33-16-14-26-45(57)41-20-6-3-7-21-41/h5-40H,1-4H3;3-40H,1-2H3. The van der Waals surface area contributed by atoms with Crippen molar-refractivity contribution in [1.29, 1.82) is 5.26 Å². The Morgan fingerprint density at radius 3 is 1.15 bits per heavy atom. The predicted octanol–water partition coefficient (Wildman–Crippen LogP) is 36.3. The van der Waals surface area contributed by atoms with Crippen molar-refractivity contribution in [3.8, 4) is 61.7 Å². The Kier molecular flexibility index (Phi) is 19.9. The number of para-hydroxylation sites is 7. The Morgan fingerprint density at radius 1 is 0.243 bits per heavy atom. The van der Waals surface area contributed by atoms with E-state index in [2.05, 4.69) is 419 Å². The molecule has 2 aliphatic rings. The molecule has 0 radical (unpaired) electrons. The number of aryl methyl sites for hydroxylation is 2. The van der Waals surface area contributed by atoms with Crippen LogP contribution in [0.5, 0.6) is 0 Å². The monoisotopic (exact) mass is 1750 g/mol. The van der Waals surface area contributed by atoms with Gasteiger partial charge in [0.25, 0.3) is 0 Å². The lowest BCUT2D eigenvalue weighted by molar-refractivity contribution is 0.630. The van der Waals surface area contributed by atoms with E-state index < -0.39 is 0 Å². The molecule has 2 aliphatic carbocycles. The second-order valence-corrected chi connectivity index (χ2v) is 37.1. The van der Waals surface area contributed by atoms with Gasteiger partial charge < -0.3 is 24.0 Å². The van der Waals surface area contributed by atoms with Gasteiger partial charge in [0, 0.05) is 77.6 Å². The summed E-state index contributed by atoms with van der Waals surface area (Å²) in [4.78, 5) is 9.30. The van der Waals surface area contributed by atoms with Crippen LogP contribution in [0.2, 0.25) is 0 Å². The number of fused-ring (bicyclic) bond motifs is 15. The van der Waals surface area contributed by atoms with E-state index >= 15 is 4.39 Å². The van der Waals surface area contributed by atoms with Crippen molar-refractivity contribution in [1.82, 2.24) is 0 Å². The average molecular weight is 1750 g/mol. The summed E-state index contributed by atoms with van der Waals surface area (Å²) >= 11 is 0. The summed E-state index contributed by atoms with van der Waals surface area (Å²) in [7, 11) is 0. The minimum absolute atomic E-state index is 0.306. The number of hydrogen-bond acceptors (Lipinski definition) is 6. The Labute approximate surface area is 790 Å². The van der Waals surface area contributed by atoms with Crippen LogP contribution in [0.15, 0.2) is 453 Å². The molecule has 6 nitrogen and oxygen atoms in total. The van der Waals surface area contributed by atoms with Gasteiger partial charge in [-0.15, -0.1) is 0 Å². The number of furan rings is 1. The third-order valence-corrected chi connectivity index (χ3v) is 28.5. The van der Waals surface area contributed by atoms with Crippen LogP contribution in [0.1, 0.15) is 66.6 Å². The maximum atomic E-state index is 17.7. The van der Waals surface area contributed by atoms with E-state index in [1.807, 2.05) is 91.0 Å². The molecule has 7 heteroatoms. The first-order chi connectivity index (χ1) is 66.7. The van der Waals surface area contributed by atoms with Crippen molar-refractivity contribution < 1.29 is 8.81 Å². The van der Waals surface area contributed by atoms with Crippen molar-refractivity contribution in [2.45, 2.75) is 52.4 Å². The average Bonchev–Trinajstić information content (AvgIpc) is 0.761. The van der Waals surface area contributed by atoms with Crippen LogP contribution in [-0.4, -0.2) is 0 Å². The maximum absolute atomic E-state index is 17.7. The van der Waals surface area contributed by atoms with Crippen LogP contribution in [-0.2, 0) is 10.8 Å². The Balaban J connectivity index is 0.000000149. The SMILES string of the molecule is CC1(C)c2cc(N(c3ccccc3)c3ccccc3-c3ccccc3)ccc2-c2cc3c4ccccc4c(N(c4ccccc4)c4cccc5c4oc4ccccc45)cc3c3cccc1c23.Cc1cc(C#N)cc(C)c1N(c1ccccc1)c1ccc2c(c1)C(C)(C)c1cccc3c1c-2cc1c2ccccc2c(N(c2ccccc2)c2c(F)cc(-c4ccccc4)cc2-c2ccccc2)cc31. The molecule has 23 aromatic rings. The van der Waals surface area contributed by atoms with E-state index in [0.29, 0.717) is 11.3 Å². The molecule has 0 saturated carbocycles. The molecule has 0 N–H and O–H groups in total. The largest absolute Gasteiger partial charge is 0.454 e. The highest BCUT2D eigenvalue weighted by Crippen LogP contribution is 2.59. The van der Waals surface area contributed by atoms with Crippen molar-refractivity contribution >= 4 is 155 Å². The fraction of sp³-hybridized carbons (Fsp3) is 0.0620. The zero-order valence-electron chi connectivity index (χ0n) is 76.2. The third-order valence-electron chi connectivity index (χ3n) is 28.5. The molecule has 136 heavy (non-hydrogen) atoms. The van der Waals surface area contributed by atoms with Crippen LogP contribution in [0.3, 0.4) is 0 Å². The van der Waals surface area contributed by atoms with Crippen molar-refractivity contribution in [3.63, 3.8) is 0 Å². The summed E-state index contributed by atoms with van der Waals surface area (Å²) in [5, 5.41) is 26.2. The van der Waals surface area contributed by atoms with E-state index in [1.54, 1.807) is 6.07 Å². The topological polar surface area (TPSA) is 49.9 Å². The lowest BCUT2D eigenvalue weighted by Gasteiger charge is -2.37. The zero-order valence-corrected chi connectivity index (χ0v) is 76.2. The van der Waals surface area contributed by atoms with Crippen LogP contribution in [0.25, 0.3) is 142 Å². The number of halogens is 1. The molecule has 22 aromatic carbocycles. The van der Waals surface area contributed by atoms with Gasteiger partial charge in [0.1, 0.15) is 11.4 Å². The minimum atomic E-state index is -0.382. The predicted molar refractivity (Wildman–Crippen MR) is 570 cm³/mol. The molecule has 646 valence electrons. The highest BCUT2D eigenvalue weighted by Gasteiger charge is 2.39. The van der Waals surface area contributed by atoms with Gasteiger partial charge in [-0.3, -0.25) is 0 Å². The number of nitrogens with zero attached hydrogens (tertiary/aromatic N) is 5. The number of nitriles is 1. The highest BCUT2D eigenvalue weighted by atomic mass is 19.1. The maximum Gasteiger partial charge on any atom is 0.159 e. The van der Waals surface area contributed by atoms with Gasteiger partial charge in [-0.05, 0) is 285 Å². The van der Waals surface area contributed by atoms with Gasteiger partial charge in [-0.25, -0.2) is 4.39 Å². The third kappa shape index (κ3) is 13.5. The highest BCUT2D eigenvalue weighted by molar-refractivity contribution is 6.28. The summed E-state index contributed by atoms with van der Waals surface area (Å²) in [6, 6.07) is 162. The van der Waals surface area contributed by atoms with Crippen molar-refractivity contribution in [2.75, 3.05) is 19.6 Å². The van der Waals surface area contributed by atoms with Crippen LogP contribution in [0, 0.1) is 31.0 Å². The van der Waals surface area contributed by atoms with Gasteiger partial charge in [0.2, 0.25) is 0 Å². The summed E-state index contributed by atoms with van der Waals surface area (Å²) in [5.74, 6) is -0.307. The van der Waals surface area contributed by atoms with E-state index in [1.165, 1.54) is 93.3 Å². The quantitative estimate of drug-likeness (QED) is 0.0954. The minimum Gasteiger partial charge on any atom is -0.454 e. The molecule has 0 bridgehead atoms. The van der Waals surface area contributed by atoms with Gasteiger partial charge in [-0.2, -0.15) is 5.26 Å². The molecule has 0 unspecified atom stereocenters. The summed E-state index contributed by atoms with van der Waals surface area (Å²) < 4.78 is 24.5. The molecule has 25 rings (SSSR count). The molecule has 0 atom stereocenters. The fourth-order valence-corrected chi connectivity index (χ4v) is 22.3. The Morgan fingerprint density at radius 2 is 0.632 bits per heavy atom. The second kappa shape index (κ2) is 33.0. The van der Waals surface area contributed by atoms with Crippen LogP contribution < -0.4 is 19.6 Å². The van der Waals surface area contributed by atoms with Gasteiger partial charge in [0.15, 0.2) is 5.58 Å². The molecule has 1 heterocycles. The van der Waals surface area contributed by atoms with E-state index in [4.69, 9.17) is 4.42 Å². The zero-order chi connectivity index (χ0) is 91.6. The van der Waals surface area contributed by atoms with Gasteiger partial charge >= 0.3 is 0 Å². The van der Waals surface area contributed by atoms with Gasteiger partial charge in [-0.1, -0.05) is 337 Å².